The van der Waals surface area contributed by atoms with Gasteiger partial charge in [0, 0.05) is 11.6 Å². The minimum atomic E-state index is -0.983. The minimum Gasteiger partial charge on any atom is -0.443 e. The van der Waals surface area contributed by atoms with Crippen molar-refractivity contribution in [2.24, 2.45) is 10.7 Å². The van der Waals surface area contributed by atoms with Crippen molar-refractivity contribution in [3.63, 3.8) is 0 Å². The van der Waals surface area contributed by atoms with E-state index >= 15 is 0 Å². The largest absolute Gasteiger partial charge is 0.443 e. The van der Waals surface area contributed by atoms with Crippen molar-refractivity contribution >= 4 is 34.7 Å². The zero-order valence-electron chi connectivity index (χ0n) is 17.0. The Balaban J connectivity index is 2.40. The number of rotatable bonds is 1. The number of amides is 2. The normalized spacial score (nSPS) is 12.6. The quantitative estimate of drug-likeness (QED) is 0.576. The second-order valence-electron chi connectivity index (χ2n) is 8.16. The highest BCUT2D eigenvalue weighted by molar-refractivity contribution is 6.08. The van der Waals surface area contributed by atoms with Gasteiger partial charge >= 0.3 is 12.2 Å². The van der Waals surface area contributed by atoms with Crippen molar-refractivity contribution in [2.45, 2.75) is 52.7 Å². The van der Waals surface area contributed by atoms with Gasteiger partial charge in [-0.15, -0.1) is 4.90 Å². The van der Waals surface area contributed by atoms with Crippen LogP contribution in [0.2, 0.25) is 0 Å². The Morgan fingerprint density at radius 1 is 0.964 bits per heavy atom. The van der Waals surface area contributed by atoms with E-state index < -0.39 is 29.3 Å². The highest BCUT2D eigenvalue weighted by atomic mass is 16.6. The number of guanidine groups is 1. The van der Waals surface area contributed by atoms with Crippen molar-refractivity contribution in [1.82, 2.24) is 9.88 Å². The van der Waals surface area contributed by atoms with Gasteiger partial charge in [-0.05, 0) is 53.0 Å². The number of carbonyl (C=O) groups excluding carboxylic acids is 2. The molecule has 28 heavy (non-hydrogen) atoms. The Morgan fingerprint density at radius 3 is 1.96 bits per heavy atom. The molecule has 0 fully saturated rings. The maximum atomic E-state index is 12.6. The number of benzene rings is 1. The zero-order chi connectivity index (χ0) is 21.1. The van der Waals surface area contributed by atoms with Gasteiger partial charge in [-0.25, -0.2) is 14.6 Å². The van der Waals surface area contributed by atoms with Crippen molar-refractivity contribution in [1.29, 1.82) is 0 Å². The first-order chi connectivity index (χ1) is 12.9. The number of nitrogens with zero attached hydrogens (tertiary/aromatic N) is 3. The number of aliphatic imine (C=N–C) groups is 1. The smallest absolute Gasteiger partial charge is 0.427 e. The lowest BCUT2D eigenvalue weighted by Crippen LogP contribution is -2.49. The van der Waals surface area contributed by atoms with Crippen molar-refractivity contribution in [3.8, 4) is 0 Å². The maximum Gasteiger partial charge on any atom is 0.427 e. The lowest BCUT2D eigenvalue weighted by molar-refractivity contribution is 0.0145. The van der Waals surface area contributed by atoms with Crippen molar-refractivity contribution in [2.75, 3.05) is 0 Å². The lowest BCUT2D eigenvalue weighted by Gasteiger charge is -2.27. The molecule has 0 unspecified atom stereocenters. The third-order valence-corrected chi connectivity index (χ3v) is 3.23. The van der Waals surface area contributed by atoms with E-state index in [1.165, 1.54) is 0 Å². The molecule has 0 bridgehead atoms. The van der Waals surface area contributed by atoms with Gasteiger partial charge in [-0.3, -0.25) is 0 Å². The number of pyridine rings is 1. The van der Waals surface area contributed by atoms with Crippen LogP contribution in [0.1, 0.15) is 41.5 Å². The third-order valence-electron chi connectivity index (χ3n) is 3.23. The molecule has 0 spiro atoms. The van der Waals surface area contributed by atoms with Gasteiger partial charge in [-0.2, -0.15) is 4.99 Å². The summed E-state index contributed by atoms with van der Waals surface area (Å²) < 4.78 is 10.5. The molecular weight excluding hydrogens is 360 g/mol. The molecule has 1 heterocycles. The second kappa shape index (κ2) is 7.84. The fraction of sp³-hybridized carbons (Fsp3) is 0.400. The first-order valence-corrected chi connectivity index (χ1v) is 8.81. The van der Waals surface area contributed by atoms with E-state index in [-0.39, 0.29) is 5.82 Å². The molecule has 0 aliphatic rings. The maximum absolute atomic E-state index is 12.6. The van der Waals surface area contributed by atoms with Crippen LogP contribution >= 0.6 is 0 Å². The number of fused-ring (bicyclic) bond motifs is 1. The van der Waals surface area contributed by atoms with E-state index in [9.17, 15) is 9.59 Å². The molecule has 2 amide bonds. The van der Waals surface area contributed by atoms with Crippen molar-refractivity contribution in [3.05, 3.63) is 36.5 Å². The van der Waals surface area contributed by atoms with Crippen LogP contribution in [0.25, 0.3) is 10.8 Å². The van der Waals surface area contributed by atoms with Crippen LogP contribution in [0, 0.1) is 0 Å². The molecule has 2 aromatic rings. The molecule has 0 aliphatic carbocycles. The second-order valence-corrected chi connectivity index (χ2v) is 8.16. The molecule has 0 atom stereocenters. The molecule has 0 saturated carbocycles. The fourth-order valence-electron chi connectivity index (χ4n) is 2.18. The number of aromatic nitrogens is 1. The SMILES string of the molecule is CC(C)(C)OC(=O)N(C(=O)OC(C)(C)C)C(N)=Nc1cc2ccccc2cn1. The summed E-state index contributed by atoms with van der Waals surface area (Å²) in [7, 11) is 0. The van der Waals surface area contributed by atoms with Crippen LogP contribution in [0.5, 0.6) is 0 Å². The van der Waals surface area contributed by atoms with E-state index in [4.69, 9.17) is 15.2 Å². The van der Waals surface area contributed by atoms with E-state index in [1.807, 2.05) is 24.3 Å². The lowest BCUT2D eigenvalue weighted by atomic mass is 10.2. The molecular formula is C20H26N4O4. The third kappa shape index (κ3) is 5.94. The number of nitrogens with two attached hydrogens (primary N) is 1. The molecule has 0 saturated heterocycles. The first kappa shape index (κ1) is 21.1. The average molecular weight is 386 g/mol. The summed E-state index contributed by atoms with van der Waals surface area (Å²) in [6.45, 7) is 10.1. The molecule has 2 N–H and O–H groups in total. The molecule has 0 aliphatic heterocycles. The summed E-state index contributed by atoms with van der Waals surface area (Å²) in [6.07, 6.45) is -0.334. The number of hydrogen-bond donors (Lipinski definition) is 1. The van der Waals surface area contributed by atoms with Gasteiger partial charge in [0.25, 0.3) is 0 Å². The average Bonchev–Trinajstić information content (AvgIpc) is 2.51. The van der Waals surface area contributed by atoms with E-state index in [0.717, 1.165) is 10.8 Å². The Hall–Kier alpha value is -3.16. The molecule has 2 rings (SSSR count). The monoisotopic (exact) mass is 386 g/mol. The highest BCUT2D eigenvalue weighted by Gasteiger charge is 2.34. The number of hydrogen-bond acceptors (Lipinski definition) is 6. The van der Waals surface area contributed by atoms with Gasteiger partial charge in [0.15, 0.2) is 5.82 Å². The molecule has 8 heteroatoms. The summed E-state index contributed by atoms with van der Waals surface area (Å²) in [5.74, 6) is -0.153. The predicted octanol–water partition coefficient (Wildman–Crippen LogP) is 4.35. The molecule has 8 nitrogen and oxygen atoms in total. The van der Waals surface area contributed by atoms with E-state index in [2.05, 4.69) is 9.98 Å². The van der Waals surface area contributed by atoms with Crippen molar-refractivity contribution < 1.29 is 19.1 Å². The van der Waals surface area contributed by atoms with E-state index in [0.29, 0.717) is 4.90 Å². The van der Waals surface area contributed by atoms with Gasteiger partial charge in [0.1, 0.15) is 11.2 Å². The summed E-state index contributed by atoms with van der Waals surface area (Å²) in [5.41, 5.74) is 4.30. The van der Waals surface area contributed by atoms with Crippen LogP contribution in [-0.2, 0) is 9.47 Å². The summed E-state index contributed by atoms with van der Waals surface area (Å²) in [6, 6.07) is 9.28. The summed E-state index contributed by atoms with van der Waals surface area (Å²) >= 11 is 0. The molecule has 150 valence electrons. The van der Waals surface area contributed by atoms with Gasteiger partial charge in [0.05, 0.1) is 0 Å². The first-order valence-electron chi connectivity index (χ1n) is 8.81. The Bertz CT molecular complexity index is 882. The fourth-order valence-corrected chi connectivity index (χ4v) is 2.18. The van der Waals surface area contributed by atoms with Crippen LogP contribution in [0.4, 0.5) is 15.4 Å². The number of imide groups is 1. The van der Waals surface area contributed by atoms with Crippen LogP contribution < -0.4 is 5.73 Å². The van der Waals surface area contributed by atoms with Gasteiger partial charge in [-0.1, -0.05) is 24.3 Å². The standard InChI is InChI=1S/C20H26N4O4/c1-19(2,3)27-17(25)24(18(26)28-20(4,5)6)16(21)23-15-11-13-9-7-8-10-14(13)12-22-15/h7-12H,1-6H3,(H2,21,22,23). The summed E-state index contributed by atoms with van der Waals surface area (Å²) in [4.78, 5) is 34.0. The Kier molecular flexibility index (Phi) is 5.92. The number of ether oxygens (including phenoxy) is 2. The summed E-state index contributed by atoms with van der Waals surface area (Å²) in [5, 5.41) is 1.82. The highest BCUT2D eigenvalue weighted by Crippen LogP contribution is 2.19. The zero-order valence-corrected chi connectivity index (χ0v) is 17.0. The van der Waals surface area contributed by atoms with Gasteiger partial charge < -0.3 is 15.2 Å². The molecule has 1 aromatic carbocycles. The molecule has 0 radical (unpaired) electrons. The molecule has 1 aromatic heterocycles. The van der Waals surface area contributed by atoms with Crippen LogP contribution in [0.15, 0.2) is 41.5 Å². The van der Waals surface area contributed by atoms with Crippen LogP contribution in [0.3, 0.4) is 0 Å². The van der Waals surface area contributed by atoms with Crippen LogP contribution in [-0.4, -0.2) is 39.2 Å². The topological polar surface area (TPSA) is 107 Å². The Morgan fingerprint density at radius 2 is 1.46 bits per heavy atom. The minimum absolute atomic E-state index is 0.244. The number of carbonyl (C=O) groups is 2. The van der Waals surface area contributed by atoms with Gasteiger partial charge in [0.2, 0.25) is 5.96 Å². The Labute approximate surface area is 164 Å². The van der Waals surface area contributed by atoms with E-state index in [1.54, 1.807) is 53.8 Å². The predicted molar refractivity (Wildman–Crippen MR) is 107 cm³/mol.